The van der Waals surface area contributed by atoms with Crippen LogP contribution in [0.25, 0.3) is 11.3 Å². The van der Waals surface area contributed by atoms with Crippen molar-refractivity contribution in [2.45, 2.75) is 4.90 Å². The molecule has 1 aromatic heterocycles. The first-order valence-corrected chi connectivity index (χ1v) is 11.8. The van der Waals surface area contributed by atoms with Crippen molar-refractivity contribution in [1.82, 2.24) is 9.97 Å². The Morgan fingerprint density at radius 1 is 1.13 bits per heavy atom. The molecule has 3 aromatic rings. The molecule has 0 radical (unpaired) electrons. The van der Waals surface area contributed by atoms with Gasteiger partial charge in [-0.3, -0.25) is 9.36 Å². The van der Waals surface area contributed by atoms with Crippen molar-refractivity contribution in [3.8, 4) is 11.3 Å². The maximum atomic E-state index is 12.6. The third-order valence-electron chi connectivity index (χ3n) is 3.72. The molecule has 3 rings (SSSR count). The van der Waals surface area contributed by atoms with E-state index in [0.29, 0.717) is 5.69 Å². The van der Waals surface area contributed by atoms with Crippen LogP contribution < -0.4 is 11.1 Å². The summed E-state index contributed by atoms with van der Waals surface area (Å²) in [7, 11) is -8.68. The SMILES string of the molecule is CP(=O)(O)OS(=O)(=O)c1ccc(NC(=O)c2nc(-c3ccccc3)cnc2N)cc1. The van der Waals surface area contributed by atoms with Crippen molar-refractivity contribution in [3.63, 3.8) is 0 Å². The van der Waals surface area contributed by atoms with Gasteiger partial charge < -0.3 is 15.9 Å². The third-order valence-corrected chi connectivity index (χ3v) is 6.46. The summed E-state index contributed by atoms with van der Waals surface area (Å²) in [6.07, 6.45) is 1.45. The van der Waals surface area contributed by atoms with E-state index in [9.17, 15) is 17.8 Å². The number of nitrogens with two attached hydrogens (primary N) is 1. The number of carbonyl (C=O) groups is 1. The zero-order valence-electron chi connectivity index (χ0n) is 15.6. The number of rotatable bonds is 6. The molecule has 0 aliphatic heterocycles. The minimum atomic E-state index is -4.43. The summed E-state index contributed by atoms with van der Waals surface area (Å²) in [6.45, 7) is 0.758. The molecule has 1 atom stereocenters. The van der Waals surface area contributed by atoms with Gasteiger partial charge in [-0.05, 0) is 24.3 Å². The number of hydrogen-bond acceptors (Lipinski definition) is 8. The Balaban J connectivity index is 1.81. The standard InChI is InChI=1S/C18H17N4O6PS/c1-29(24,25)28-30(26,27)14-9-7-13(8-10-14)21-18(23)16-17(19)20-11-15(22-16)12-5-3-2-4-6-12/h2-11H,1H3,(H2,19,20)(H,21,23)(H,24,25). The van der Waals surface area contributed by atoms with Gasteiger partial charge in [-0.1, -0.05) is 30.3 Å². The largest absolute Gasteiger partial charge is 0.382 e. The normalized spacial score (nSPS) is 13.4. The Labute approximate surface area is 172 Å². The lowest BCUT2D eigenvalue weighted by Crippen LogP contribution is -2.17. The summed E-state index contributed by atoms with van der Waals surface area (Å²) in [4.78, 5) is 29.6. The van der Waals surface area contributed by atoms with E-state index in [1.165, 1.54) is 18.3 Å². The minimum absolute atomic E-state index is 0.0681. The molecule has 1 unspecified atom stereocenters. The van der Waals surface area contributed by atoms with Gasteiger partial charge in [0.25, 0.3) is 5.91 Å². The van der Waals surface area contributed by atoms with Gasteiger partial charge in [-0.15, -0.1) is 0 Å². The molecule has 0 spiro atoms. The first-order chi connectivity index (χ1) is 14.0. The summed E-state index contributed by atoms with van der Waals surface area (Å²) in [5.74, 6) is -0.709. The zero-order valence-corrected chi connectivity index (χ0v) is 17.3. The highest BCUT2D eigenvalue weighted by atomic mass is 32.2. The lowest BCUT2D eigenvalue weighted by Gasteiger charge is -2.10. The highest BCUT2D eigenvalue weighted by Crippen LogP contribution is 2.40. The Morgan fingerprint density at radius 2 is 1.77 bits per heavy atom. The smallest absolute Gasteiger partial charge is 0.339 e. The monoisotopic (exact) mass is 448 g/mol. The van der Waals surface area contributed by atoms with Crippen LogP contribution in [0.5, 0.6) is 0 Å². The second-order valence-corrected chi connectivity index (χ2v) is 9.75. The summed E-state index contributed by atoms with van der Waals surface area (Å²) in [5, 5.41) is 2.54. The molecule has 30 heavy (non-hydrogen) atoms. The molecule has 0 bridgehead atoms. The zero-order chi connectivity index (χ0) is 21.9. The number of nitrogens with one attached hydrogen (secondary N) is 1. The van der Waals surface area contributed by atoms with Gasteiger partial charge in [0.05, 0.1) is 16.8 Å². The molecular weight excluding hydrogens is 431 g/mol. The Hall–Kier alpha value is -3.11. The average molecular weight is 448 g/mol. The van der Waals surface area contributed by atoms with E-state index in [-0.39, 0.29) is 22.1 Å². The number of hydrogen-bond donors (Lipinski definition) is 3. The number of anilines is 2. The second kappa shape index (κ2) is 8.33. The van der Waals surface area contributed by atoms with Crippen LogP contribution in [0.15, 0.2) is 65.7 Å². The molecule has 2 aromatic carbocycles. The molecule has 10 nitrogen and oxygen atoms in total. The van der Waals surface area contributed by atoms with Crippen LogP contribution in [-0.4, -0.2) is 35.9 Å². The summed E-state index contributed by atoms with van der Waals surface area (Å²) in [5.41, 5.74) is 7.15. The molecule has 0 saturated heterocycles. The number of carbonyl (C=O) groups excluding carboxylic acids is 1. The topological polar surface area (TPSA) is 162 Å². The van der Waals surface area contributed by atoms with Gasteiger partial charge in [0, 0.05) is 17.9 Å². The number of nitrogens with zero attached hydrogens (tertiary/aromatic N) is 2. The van der Waals surface area contributed by atoms with Gasteiger partial charge in [-0.2, -0.15) is 12.4 Å². The molecule has 0 aliphatic rings. The molecule has 4 N–H and O–H groups in total. The molecule has 156 valence electrons. The maximum absolute atomic E-state index is 12.6. The lowest BCUT2D eigenvalue weighted by molar-refractivity contribution is 0.102. The first kappa shape index (κ1) is 21.6. The van der Waals surface area contributed by atoms with Crippen LogP contribution in [0.1, 0.15) is 10.5 Å². The van der Waals surface area contributed by atoms with Gasteiger partial charge in [0.15, 0.2) is 11.5 Å². The van der Waals surface area contributed by atoms with Crippen molar-refractivity contribution in [1.29, 1.82) is 0 Å². The van der Waals surface area contributed by atoms with Crippen molar-refractivity contribution in [2.75, 3.05) is 17.7 Å². The van der Waals surface area contributed by atoms with Gasteiger partial charge in [0.2, 0.25) is 0 Å². The Kier molecular flexibility index (Phi) is 5.99. The fourth-order valence-electron chi connectivity index (χ4n) is 2.43. The van der Waals surface area contributed by atoms with Gasteiger partial charge in [0.1, 0.15) is 0 Å². The van der Waals surface area contributed by atoms with Crippen LogP contribution in [0.3, 0.4) is 0 Å². The first-order valence-electron chi connectivity index (χ1n) is 8.41. The van der Waals surface area contributed by atoms with Gasteiger partial charge >= 0.3 is 17.7 Å². The van der Waals surface area contributed by atoms with E-state index >= 15 is 0 Å². The molecule has 0 aliphatic carbocycles. The number of amides is 1. The molecule has 1 amide bonds. The van der Waals surface area contributed by atoms with Crippen LogP contribution in [-0.2, 0) is 18.7 Å². The average Bonchev–Trinajstić information content (AvgIpc) is 2.67. The summed E-state index contributed by atoms with van der Waals surface area (Å²) >= 11 is 0. The summed E-state index contributed by atoms with van der Waals surface area (Å²) in [6, 6.07) is 13.9. The van der Waals surface area contributed by atoms with E-state index in [1.807, 2.05) is 30.3 Å². The Morgan fingerprint density at radius 3 is 2.37 bits per heavy atom. The van der Waals surface area contributed by atoms with Crippen LogP contribution >= 0.6 is 7.60 Å². The van der Waals surface area contributed by atoms with Crippen LogP contribution in [0, 0.1) is 0 Å². The molecule has 0 fully saturated rings. The van der Waals surface area contributed by atoms with E-state index in [1.54, 1.807) is 0 Å². The fraction of sp³-hybridized carbons (Fsp3) is 0.0556. The van der Waals surface area contributed by atoms with E-state index in [0.717, 1.165) is 24.4 Å². The number of nitrogen functional groups attached to an aromatic ring is 1. The van der Waals surface area contributed by atoms with E-state index in [4.69, 9.17) is 10.6 Å². The highest BCUT2D eigenvalue weighted by molar-refractivity contribution is 7.91. The molecule has 0 saturated carbocycles. The minimum Gasteiger partial charge on any atom is -0.382 e. The molecule has 1 heterocycles. The van der Waals surface area contributed by atoms with Crippen LogP contribution in [0.2, 0.25) is 0 Å². The lowest BCUT2D eigenvalue weighted by atomic mass is 10.1. The predicted octanol–water partition coefficient (Wildman–Crippen LogP) is 2.50. The second-order valence-electron chi connectivity index (χ2n) is 6.17. The molecular formula is C18H17N4O6PS. The van der Waals surface area contributed by atoms with Crippen molar-refractivity contribution >= 4 is 35.1 Å². The highest BCUT2D eigenvalue weighted by Gasteiger charge is 2.25. The Bertz CT molecular complexity index is 1230. The summed E-state index contributed by atoms with van der Waals surface area (Å²) < 4.78 is 39.3. The number of aromatic nitrogens is 2. The van der Waals surface area contributed by atoms with Crippen molar-refractivity contribution in [3.05, 3.63) is 66.5 Å². The maximum Gasteiger partial charge on any atom is 0.339 e. The van der Waals surface area contributed by atoms with E-state index < -0.39 is 23.6 Å². The van der Waals surface area contributed by atoms with Crippen molar-refractivity contribution < 1.29 is 26.6 Å². The number of benzene rings is 2. The molecule has 12 heteroatoms. The van der Waals surface area contributed by atoms with E-state index in [2.05, 4.69) is 19.3 Å². The van der Waals surface area contributed by atoms with Crippen molar-refractivity contribution in [2.24, 2.45) is 0 Å². The van der Waals surface area contributed by atoms with Gasteiger partial charge in [-0.25, -0.2) is 9.97 Å². The fourth-order valence-corrected chi connectivity index (χ4v) is 4.70. The van der Waals surface area contributed by atoms with Crippen LogP contribution in [0.4, 0.5) is 11.5 Å². The third kappa shape index (κ3) is 5.28. The quantitative estimate of drug-likeness (QED) is 0.481. The predicted molar refractivity (Wildman–Crippen MR) is 110 cm³/mol.